The van der Waals surface area contributed by atoms with Gasteiger partial charge in [0.05, 0.1) is 13.5 Å². The van der Waals surface area contributed by atoms with Crippen molar-refractivity contribution in [1.82, 2.24) is 0 Å². The minimum atomic E-state index is -0.579. The Morgan fingerprint density at radius 2 is 2.16 bits per heavy atom. The van der Waals surface area contributed by atoms with Crippen LogP contribution in [0.4, 0.5) is 4.39 Å². The number of hydrogen-bond donors (Lipinski definition) is 1. The summed E-state index contributed by atoms with van der Waals surface area (Å²) in [6.45, 7) is 3.93. The molecule has 1 aromatic rings. The molecule has 0 bridgehead atoms. The first-order chi connectivity index (χ1) is 9.00. The van der Waals surface area contributed by atoms with Gasteiger partial charge in [-0.25, -0.2) is 4.39 Å². The lowest BCUT2D eigenvalue weighted by Gasteiger charge is -2.37. The van der Waals surface area contributed by atoms with Crippen LogP contribution in [0.2, 0.25) is 0 Å². The summed E-state index contributed by atoms with van der Waals surface area (Å²) in [4.78, 5) is 11.7. The van der Waals surface area contributed by atoms with E-state index in [1.165, 1.54) is 19.2 Å². The molecular weight excluding hydrogens is 245 g/mol. The highest BCUT2D eigenvalue weighted by Gasteiger charge is 2.38. The first-order valence-corrected chi connectivity index (χ1v) is 6.58. The van der Waals surface area contributed by atoms with E-state index in [0.717, 1.165) is 5.56 Å². The van der Waals surface area contributed by atoms with Gasteiger partial charge in [0.2, 0.25) is 0 Å². The molecule has 0 aromatic heterocycles. The summed E-state index contributed by atoms with van der Waals surface area (Å²) >= 11 is 0. The highest BCUT2D eigenvalue weighted by Crippen LogP contribution is 2.36. The fourth-order valence-electron chi connectivity index (χ4n) is 2.56. The Hall–Kier alpha value is -1.42. The lowest BCUT2D eigenvalue weighted by Crippen LogP contribution is -2.46. The van der Waals surface area contributed by atoms with E-state index in [4.69, 9.17) is 10.5 Å². The minimum Gasteiger partial charge on any atom is -0.469 e. The van der Waals surface area contributed by atoms with Gasteiger partial charge in [0, 0.05) is 11.5 Å². The zero-order valence-electron chi connectivity index (χ0n) is 11.8. The normalized spacial score (nSPS) is 15.6. The smallest absolute Gasteiger partial charge is 0.306 e. The number of benzene rings is 1. The third kappa shape index (κ3) is 3.32. The van der Waals surface area contributed by atoms with E-state index < -0.39 is 5.41 Å². The molecule has 1 rings (SSSR count). The second-order valence-electron chi connectivity index (χ2n) is 4.79. The van der Waals surface area contributed by atoms with Gasteiger partial charge in [-0.05, 0) is 30.5 Å². The zero-order valence-corrected chi connectivity index (χ0v) is 11.8. The van der Waals surface area contributed by atoms with Gasteiger partial charge in [-0.15, -0.1) is 0 Å². The van der Waals surface area contributed by atoms with Crippen LogP contribution < -0.4 is 5.73 Å². The van der Waals surface area contributed by atoms with Crippen LogP contribution in [-0.4, -0.2) is 19.1 Å². The molecule has 0 fully saturated rings. The van der Waals surface area contributed by atoms with Crippen molar-refractivity contribution in [3.05, 3.63) is 35.6 Å². The number of hydrogen-bond acceptors (Lipinski definition) is 3. The number of halogens is 1. The number of carbonyl (C=O) groups excluding carboxylic acids is 1. The zero-order chi connectivity index (χ0) is 14.5. The van der Waals surface area contributed by atoms with Crippen molar-refractivity contribution in [2.24, 2.45) is 5.73 Å². The van der Waals surface area contributed by atoms with Gasteiger partial charge in [0.15, 0.2) is 0 Å². The molecule has 0 saturated heterocycles. The highest BCUT2D eigenvalue weighted by atomic mass is 19.1. The quantitative estimate of drug-likeness (QED) is 0.806. The molecule has 0 radical (unpaired) electrons. The number of rotatable bonds is 6. The topological polar surface area (TPSA) is 52.3 Å². The SMILES string of the molecule is CCC(N)C(CC)(CC(=O)OC)c1cccc(F)c1. The van der Waals surface area contributed by atoms with Crippen molar-refractivity contribution in [2.45, 2.75) is 44.6 Å². The molecule has 0 aliphatic heterocycles. The van der Waals surface area contributed by atoms with E-state index in [2.05, 4.69) is 0 Å². The molecule has 4 heteroatoms. The summed E-state index contributed by atoms with van der Waals surface area (Å²) in [5, 5.41) is 0. The molecule has 0 amide bonds. The Kier molecular flexibility index (Phi) is 5.48. The van der Waals surface area contributed by atoms with E-state index in [0.29, 0.717) is 12.8 Å². The summed E-state index contributed by atoms with van der Waals surface area (Å²) in [6, 6.07) is 6.10. The molecule has 19 heavy (non-hydrogen) atoms. The summed E-state index contributed by atoms with van der Waals surface area (Å²) in [5.74, 6) is -0.640. The Morgan fingerprint density at radius 1 is 1.47 bits per heavy atom. The molecule has 0 aliphatic rings. The van der Waals surface area contributed by atoms with E-state index in [1.807, 2.05) is 19.9 Å². The molecule has 0 saturated carbocycles. The molecular formula is C15H22FNO2. The summed E-state index contributed by atoms with van der Waals surface area (Å²) < 4.78 is 18.2. The van der Waals surface area contributed by atoms with Gasteiger partial charge in [0.25, 0.3) is 0 Å². The molecule has 106 valence electrons. The van der Waals surface area contributed by atoms with Crippen LogP contribution >= 0.6 is 0 Å². The van der Waals surface area contributed by atoms with E-state index in [1.54, 1.807) is 6.07 Å². The van der Waals surface area contributed by atoms with Gasteiger partial charge < -0.3 is 10.5 Å². The van der Waals surface area contributed by atoms with E-state index >= 15 is 0 Å². The second-order valence-corrected chi connectivity index (χ2v) is 4.79. The maximum Gasteiger partial charge on any atom is 0.306 e. The molecule has 0 heterocycles. The molecule has 2 N–H and O–H groups in total. The van der Waals surface area contributed by atoms with Crippen molar-refractivity contribution in [3.8, 4) is 0 Å². The van der Waals surface area contributed by atoms with Crippen LogP contribution in [-0.2, 0) is 14.9 Å². The van der Waals surface area contributed by atoms with Crippen molar-refractivity contribution in [1.29, 1.82) is 0 Å². The average Bonchev–Trinajstić information content (AvgIpc) is 2.43. The van der Waals surface area contributed by atoms with Crippen LogP contribution in [0.25, 0.3) is 0 Å². The minimum absolute atomic E-state index is 0.165. The Bertz CT molecular complexity index is 436. The lowest BCUT2D eigenvalue weighted by molar-refractivity contribution is -0.142. The number of esters is 1. The molecule has 1 aromatic carbocycles. The van der Waals surface area contributed by atoms with Gasteiger partial charge in [-0.2, -0.15) is 0 Å². The first kappa shape index (κ1) is 15.6. The third-order valence-corrected chi connectivity index (χ3v) is 3.87. The maximum atomic E-state index is 13.5. The van der Waals surface area contributed by atoms with Crippen LogP contribution in [0.3, 0.4) is 0 Å². The van der Waals surface area contributed by atoms with Crippen LogP contribution in [0.5, 0.6) is 0 Å². The number of methoxy groups -OCH3 is 1. The molecule has 2 unspecified atom stereocenters. The second kappa shape index (κ2) is 6.66. The van der Waals surface area contributed by atoms with Gasteiger partial charge >= 0.3 is 5.97 Å². The predicted molar refractivity (Wildman–Crippen MR) is 73.3 cm³/mol. The summed E-state index contributed by atoms with van der Waals surface area (Å²) in [5.41, 5.74) is 6.40. The Balaban J connectivity index is 3.27. The van der Waals surface area contributed by atoms with Crippen LogP contribution in [0.1, 0.15) is 38.7 Å². The van der Waals surface area contributed by atoms with Crippen molar-refractivity contribution in [3.63, 3.8) is 0 Å². The first-order valence-electron chi connectivity index (χ1n) is 6.58. The third-order valence-electron chi connectivity index (χ3n) is 3.87. The molecule has 3 nitrogen and oxygen atoms in total. The summed E-state index contributed by atoms with van der Waals surface area (Å²) in [6.07, 6.45) is 1.53. The van der Waals surface area contributed by atoms with Crippen LogP contribution in [0, 0.1) is 5.82 Å². The number of ether oxygens (including phenoxy) is 1. The fraction of sp³-hybridized carbons (Fsp3) is 0.533. The fourth-order valence-corrected chi connectivity index (χ4v) is 2.56. The van der Waals surface area contributed by atoms with Crippen molar-refractivity contribution < 1.29 is 13.9 Å². The Morgan fingerprint density at radius 3 is 2.63 bits per heavy atom. The average molecular weight is 267 g/mol. The largest absolute Gasteiger partial charge is 0.469 e. The number of nitrogens with two attached hydrogens (primary N) is 1. The highest BCUT2D eigenvalue weighted by molar-refractivity contribution is 5.71. The predicted octanol–water partition coefficient (Wildman–Crippen LogP) is 2.77. The standard InChI is InChI=1S/C15H22FNO2/c1-4-13(17)15(5-2,10-14(18)19-3)11-7-6-8-12(16)9-11/h6-9,13H,4-5,10,17H2,1-3H3. The maximum absolute atomic E-state index is 13.5. The molecule has 0 spiro atoms. The van der Waals surface area contributed by atoms with Crippen LogP contribution in [0.15, 0.2) is 24.3 Å². The molecule has 0 aliphatic carbocycles. The lowest BCUT2D eigenvalue weighted by atomic mass is 9.69. The van der Waals surface area contributed by atoms with Crippen molar-refractivity contribution in [2.75, 3.05) is 7.11 Å². The van der Waals surface area contributed by atoms with Gasteiger partial charge in [-0.1, -0.05) is 26.0 Å². The van der Waals surface area contributed by atoms with Crippen molar-refractivity contribution >= 4 is 5.97 Å². The number of carbonyl (C=O) groups is 1. The van der Waals surface area contributed by atoms with Gasteiger partial charge in [0.1, 0.15) is 5.82 Å². The van der Waals surface area contributed by atoms with E-state index in [-0.39, 0.29) is 24.2 Å². The monoisotopic (exact) mass is 267 g/mol. The molecule has 2 atom stereocenters. The van der Waals surface area contributed by atoms with E-state index in [9.17, 15) is 9.18 Å². The summed E-state index contributed by atoms with van der Waals surface area (Å²) in [7, 11) is 1.35. The van der Waals surface area contributed by atoms with Gasteiger partial charge in [-0.3, -0.25) is 4.79 Å². The Labute approximate surface area is 113 Å².